The van der Waals surface area contributed by atoms with Gasteiger partial charge in [-0.25, -0.2) is 0 Å². The summed E-state index contributed by atoms with van der Waals surface area (Å²) in [6.45, 7) is 0. The zero-order valence-corrected chi connectivity index (χ0v) is 13.8. The van der Waals surface area contributed by atoms with Crippen molar-refractivity contribution >= 4 is 0 Å². The van der Waals surface area contributed by atoms with Gasteiger partial charge in [-0.1, -0.05) is 72.8 Å². The molecule has 3 rings (SSSR count). The Morgan fingerprint density at radius 3 is 1.58 bits per heavy atom. The van der Waals surface area contributed by atoms with E-state index in [1.54, 1.807) is 0 Å². The van der Waals surface area contributed by atoms with Crippen molar-refractivity contribution in [2.45, 2.75) is 18.0 Å². The van der Waals surface area contributed by atoms with Crippen molar-refractivity contribution in [3.8, 4) is 6.07 Å². The fraction of sp³-hybridized carbons (Fsp3) is 0.136. The summed E-state index contributed by atoms with van der Waals surface area (Å²) in [7, 11) is 0. The van der Waals surface area contributed by atoms with Gasteiger partial charge in [-0.2, -0.15) is 18.4 Å². The van der Waals surface area contributed by atoms with Crippen LogP contribution in [-0.2, 0) is 6.18 Å². The largest absolute Gasteiger partial charge is 0.416 e. The van der Waals surface area contributed by atoms with E-state index in [1.807, 2.05) is 60.7 Å². The van der Waals surface area contributed by atoms with Crippen LogP contribution in [0.4, 0.5) is 13.2 Å². The predicted molar refractivity (Wildman–Crippen MR) is 94.5 cm³/mol. The average Bonchev–Trinajstić information content (AvgIpc) is 2.67. The van der Waals surface area contributed by atoms with Gasteiger partial charge in [-0.15, -0.1) is 0 Å². The third kappa shape index (κ3) is 3.78. The summed E-state index contributed by atoms with van der Waals surface area (Å²) in [5, 5.41) is 9.83. The van der Waals surface area contributed by atoms with Crippen LogP contribution in [-0.4, -0.2) is 0 Å². The van der Waals surface area contributed by atoms with Crippen LogP contribution < -0.4 is 0 Å². The lowest BCUT2D eigenvalue weighted by molar-refractivity contribution is -0.137. The molecule has 1 nitrogen and oxygen atoms in total. The molecular weight excluding hydrogens is 335 g/mol. The van der Waals surface area contributed by atoms with Crippen molar-refractivity contribution < 1.29 is 13.2 Å². The highest BCUT2D eigenvalue weighted by Crippen LogP contribution is 2.39. The summed E-state index contributed by atoms with van der Waals surface area (Å²) < 4.78 is 38.6. The second-order valence-corrected chi connectivity index (χ2v) is 6.03. The fourth-order valence-corrected chi connectivity index (χ4v) is 3.12. The highest BCUT2D eigenvalue weighted by molar-refractivity contribution is 5.42. The van der Waals surface area contributed by atoms with Gasteiger partial charge in [0.05, 0.1) is 17.6 Å². The molecule has 0 fully saturated rings. The van der Waals surface area contributed by atoms with Gasteiger partial charge in [0.25, 0.3) is 0 Å². The van der Waals surface area contributed by atoms with Crippen LogP contribution >= 0.6 is 0 Å². The first-order valence-electron chi connectivity index (χ1n) is 8.17. The third-order valence-electron chi connectivity index (χ3n) is 4.39. The van der Waals surface area contributed by atoms with Crippen LogP contribution in [0.15, 0.2) is 84.9 Å². The second kappa shape index (κ2) is 7.45. The SMILES string of the molecule is N#CC(c1ccccc1)C(c1ccccc1)c1ccc(C(F)(F)F)cc1. The van der Waals surface area contributed by atoms with Crippen LogP contribution in [0, 0.1) is 11.3 Å². The van der Waals surface area contributed by atoms with E-state index in [2.05, 4.69) is 6.07 Å². The molecule has 0 saturated heterocycles. The molecule has 26 heavy (non-hydrogen) atoms. The molecule has 2 unspecified atom stereocenters. The van der Waals surface area contributed by atoms with Gasteiger partial charge in [-0.3, -0.25) is 0 Å². The molecule has 130 valence electrons. The third-order valence-corrected chi connectivity index (χ3v) is 4.39. The van der Waals surface area contributed by atoms with Crippen LogP contribution in [0.3, 0.4) is 0 Å². The number of rotatable bonds is 4. The van der Waals surface area contributed by atoms with E-state index >= 15 is 0 Å². The second-order valence-electron chi connectivity index (χ2n) is 6.03. The van der Waals surface area contributed by atoms with Crippen molar-refractivity contribution in [3.63, 3.8) is 0 Å². The van der Waals surface area contributed by atoms with Crippen molar-refractivity contribution in [3.05, 3.63) is 107 Å². The summed E-state index contributed by atoms with van der Waals surface area (Å²) in [5.74, 6) is -0.860. The van der Waals surface area contributed by atoms with Crippen LogP contribution in [0.1, 0.15) is 34.1 Å². The highest BCUT2D eigenvalue weighted by atomic mass is 19.4. The van der Waals surface area contributed by atoms with Gasteiger partial charge in [0.1, 0.15) is 0 Å². The first-order chi connectivity index (χ1) is 12.5. The Bertz CT molecular complexity index is 879. The maximum absolute atomic E-state index is 12.9. The Morgan fingerprint density at radius 1 is 0.654 bits per heavy atom. The zero-order valence-electron chi connectivity index (χ0n) is 13.8. The molecule has 3 aromatic rings. The first kappa shape index (κ1) is 17.8. The number of hydrogen-bond acceptors (Lipinski definition) is 1. The lowest BCUT2D eigenvalue weighted by Crippen LogP contribution is -2.12. The number of benzene rings is 3. The quantitative estimate of drug-likeness (QED) is 0.553. The summed E-state index contributed by atoms with van der Waals surface area (Å²) >= 11 is 0. The topological polar surface area (TPSA) is 23.8 Å². The lowest BCUT2D eigenvalue weighted by atomic mass is 9.78. The summed E-state index contributed by atoms with van der Waals surface area (Å²) in [4.78, 5) is 0. The van der Waals surface area contributed by atoms with Crippen LogP contribution in [0.25, 0.3) is 0 Å². The van der Waals surface area contributed by atoms with E-state index < -0.39 is 17.7 Å². The molecular formula is C22H16F3N. The minimum Gasteiger partial charge on any atom is -0.198 e. The molecule has 0 spiro atoms. The van der Waals surface area contributed by atoms with E-state index in [1.165, 1.54) is 12.1 Å². The molecule has 2 atom stereocenters. The molecule has 0 N–H and O–H groups in total. The Morgan fingerprint density at radius 2 is 1.12 bits per heavy atom. The van der Waals surface area contributed by atoms with Gasteiger partial charge in [0, 0.05) is 5.92 Å². The van der Waals surface area contributed by atoms with Crippen molar-refractivity contribution in [1.29, 1.82) is 5.26 Å². The minimum absolute atomic E-state index is 0.356. The number of alkyl halides is 3. The number of nitriles is 1. The Labute approximate surface area is 150 Å². The first-order valence-corrected chi connectivity index (χ1v) is 8.17. The Kier molecular flexibility index (Phi) is 5.09. The molecule has 3 aromatic carbocycles. The Balaban J connectivity index is 2.09. The van der Waals surface area contributed by atoms with Gasteiger partial charge >= 0.3 is 6.18 Å². The van der Waals surface area contributed by atoms with E-state index in [0.717, 1.165) is 23.3 Å². The van der Waals surface area contributed by atoms with Crippen molar-refractivity contribution in [2.24, 2.45) is 0 Å². The monoisotopic (exact) mass is 351 g/mol. The Hall–Kier alpha value is -3.06. The molecule has 0 aliphatic carbocycles. The normalized spacial score (nSPS) is 13.6. The molecule has 0 heterocycles. The molecule has 0 amide bonds. The standard InChI is InChI=1S/C22H16F3N/c23-22(24,25)19-13-11-18(12-14-19)21(17-9-5-2-6-10-17)20(15-26)16-7-3-1-4-8-16/h1-14,20-21H. The molecule has 4 heteroatoms. The zero-order chi connectivity index (χ0) is 18.6. The summed E-state index contributed by atoms with van der Waals surface area (Å²) in [6, 6.07) is 26.1. The van der Waals surface area contributed by atoms with E-state index in [9.17, 15) is 18.4 Å². The van der Waals surface area contributed by atoms with E-state index in [4.69, 9.17) is 0 Å². The molecule has 0 radical (unpaired) electrons. The summed E-state index contributed by atoms with van der Waals surface area (Å²) in [5.41, 5.74) is 1.72. The number of nitrogens with zero attached hydrogens (tertiary/aromatic N) is 1. The average molecular weight is 351 g/mol. The molecule has 0 aromatic heterocycles. The molecule has 0 saturated carbocycles. The summed E-state index contributed by atoms with van der Waals surface area (Å²) in [6.07, 6.45) is -4.38. The van der Waals surface area contributed by atoms with Crippen molar-refractivity contribution in [2.75, 3.05) is 0 Å². The highest BCUT2D eigenvalue weighted by Gasteiger charge is 2.31. The van der Waals surface area contributed by atoms with Gasteiger partial charge in [-0.05, 0) is 28.8 Å². The van der Waals surface area contributed by atoms with E-state index in [0.29, 0.717) is 5.56 Å². The molecule has 0 aliphatic rings. The van der Waals surface area contributed by atoms with Crippen LogP contribution in [0.5, 0.6) is 0 Å². The lowest BCUT2D eigenvalue weighted by Gasteiger charge is -2.24. The minimum atomic E-state index is -4.38. The van der Waals surface area contributed by atoms with Crippen LogP contribution in [0.2, 0.25) is 0 Å². The van der Waals surface area contributed by atoms with Gasteiger partial charge in [0.2, 0.25) is 0 Å². The maximum Gasteiger partial charge on any atom is 0.416 e. The predicted octanol–water partition coefficient (Wildman–Crippen LogP) is 6.14. The van der Waals surface area contributed by atoms with Gasteiger partial charge in [0.15, 0.2) is 0 Å². The molecule has 0 bridgehead atoms. The fourth-order valence-electron chi connectivity index (χ4n) is 3.12. The number of hydrogen-bond donors (Lipinski definition) is 0. The van der Waals surface area contributed by atoms with Gasteiger partial charge < -0.3 is 0 Å². The van der Waals surface area contributed by atoms with Crippen molar-refractivity contribution in [1.82, 2.24) is 0 Å². The molecule has 0 aliphatic heterocycles. The van der Waals surface area contributed by atoms with E-state index in [-0.39, 0.29) is 5.92 Å². The number of halogens is 3. The maximum atomic E-state index is 12.9. The smallest absolute Gasteiger partial charge is 0.198 e.